The van der Waals surface area contributed by atoms with E-state index in [1.807, 2.05) is 0 Å². The zero-order chi connectivity index (χ0) is 8.15. The van der Waals surface area contributed by atoms with Crippen LogP contribution in [0, 0.1) is 11.8 Å². The maximum absolute atomic E-state index is 11.1. The van der Waals surface area contributed by atoms with E-state index in [2.05, 4.69) is 27.7 Å². The third kappa shape index (κ3) is 9.63. The summed E-state index contributed by atoms with van der Waals surface area (Å²) in [4.78, 5) is 11.1. The second kappa shape index (κ2) is 6.35. The predicted octanol–water partition coefficient (Wildman–Crippen LogP) is 2.81. The highest BCUT2D eigenvalue weighted by Crippen LogP contribution is 2.07. The van der Waals surface area contributed by atoms with Gasteiger partial charge in [0.2, 0.25) is 0 Å². The molecule has 0 amide bonds. The Morgan fingerprint density at radius 2 is 1.27 bits per heavy atom. The van der Waals surface area contributed by atoms with Crippen LogP contribution >= 0.6 is 0 Å². The molecule has 68 valence electrons. The van der Waals surface area contributed by atoms with Crippen LogP contribution in [-0.2, 0) is 4.79 Å². The van der Waals surface area contributed by atoms with Crippen molar-refractivity contribution < 1.29 is 4.79 Å². The molecule has 0 heterocycles. The van der Waals surface area contributed by atoms with Gasteiger partial charge in [-0.2, -0.15) is 0 Å². The average Bonchev–Trinajstić information content (AvgIpc) is 1.58. The second-order valence-electron chi connectivity index (χ2n) is 3.73. The standard InChI is InChI=1S/C9H18O.H3N/c1-7(2)5-9(10)6-8(3)4;/h7-8H,5-6H2,1-4H3;1H3. The van der Waals surface area contributed by atoms with Crippen molar-refractivity contribution in [1.29, 1.82) is 0 Å². The van der Waals surface area contributed by atoms with Crippen molar-refractivity contribution in [3.63, 3.8) is 0 Å². The maximum atomic E-state index is 11.1. The molecule has 0 aromatic carbocycles. The fourth-order valence-corrected chi connectivity index (χ4v) is 0.994. The van der Waals surface area contributed by atoms with Crippen LogP contribution in [0.5, 0.6) is 0 Å². The maximum Gasteiger partial charge on any atom is 0.133 e. The molecule has 0 saturated carbocycles. The van der Waals surface area contributed by atoms with E-state index in [1.54, 1.807) is 0 Å². The van der Waals surface area contributed by atoms with Crippen molar-refractivity contribution in [2.24, 2.45) is 11.8 Å². The minimum Gasteiger partial charge on any atom is -0.344 e. The highest BCUT2D eigenvalue weighted by Gasteiger charge is 2.06. The van der Waals surface area contributed by atoms with Gasteiger partial charge in [-0.3, -0.25) is 4.79 Å². The van der Waals surface area contributed by atoms with Gasteiger partial charge < -0.3 is 6.15 Å². The van der Waals surface area contributed by atoms with Crippen LogP contribution in [-0.4, -0.2) is 5.78 Å². The molecule has 0 saturated heterocycles. The molecule has 0 aliphatic rings. The zero-order valence-electron chi connectivity index (χ0n) is 8.18. The van der Waals surface area contributed by atoms with Crippen LogP contribution < -0.4 is 6.15 Å². The third-order valence-electron chi connectivity index (χ3n) is 1.27. The van der Waals surface area contributed by atoms with Crippen LogP contribution in [0.25, 0.3) is 0 Å². The van der Waals surface area contributed by atoms with E-state index in [9.17, 15) is 4.79 Å². The molecular formula is C9H21NO. The highest BCUT2D eigenvalue weighted by molar-refractivity contribution is 5.78. The van der Waals surface area contributed by atoms with E-state index in [4.69, 9.17) is 0 Å². The summed E-state index contributed by atoms with van der Waals surface area (Å²) in [7, 11) is 0. The van der Waals surface area contributed by atoms with Crippen LogP contribution in [0.3, 0.4) is 0 Å². The molecule has 0 unspecified atom stereocenters. The van der Waals surface area contributed by atoms with Crippen molar-refractivity contribution in [2.75, 3.05) is 0 Å². The zero-order valence-corrected chi connectivity index (χ0v) is 8.18. The van der Waals surface area contributed by atoms with Gasteiger partial charge in [-0.05, 0) is 11.8 Å². The molecule has 0 rings (SSSR count). The van der Waals surface area contributed by atoms with E-state index >= 15 is 0 Å². The molecule has 0 aromatic heterocycles. The molecule has 0 fully saturated rings. The van der Waals surface area contributed by atoms with Gasteiger partial charge in [0.1, 0.15) is 5.78 Å². The summed E-state index contributed by atoms with van der Waals surface area (Å²) >= 11 is 0. The topological polar surface area (TPSA) is 52.1 Å². The average molecular weight is 159 g/mol. The Bertz CT molecular complexity index is 96.1. The van der Waals surface area contributed by atoms with E-state index < -0.39 is 0 Å². The lowest BCUT2D eigenvalue weighted by Crippen LogP contribution is -2.05. The molecule has 11 heavy (non-hydrogen) atoms. The number of hydrogen-bond acceptors (Lipinski definition) is 2. The Kier molecular flexibility index (Phi) is 7.64. The van der Waals surface area contributed by atoms with Gasteiger partial charge in [-0.15, -0.1) is 0 Å². The van der Waals surface area contributed by atoms with Crippen molar-refractivity contribution in [2.45, 2.75) is 40.5 Å². The molecular weight excluding hydrogens is 138 g/mol. The van der Waals surface area contributed by atoms with Gasteiger partial charge >= 0.3 is 0 Å². The Balaban J connectivity index is 0. The summed E-state index contributed by atoms with van der Waals surface area (Å²) in [6.45, 7) is 8.33. The number of carbonyl (C=O) groups excluding carboxylic acids is 1. The number of carbonyl (C=O) groups is 1. The first-order valence-electron chi connectivity index (χ1n) is 4.04. The molecule has 0 bridgehead atoms. The molecule has 0 atom stereocenters. The first-order chi connectivity index (χ1) is 4.52. The number of rotatable bonds is 4. The summed E-state index contributed by atoms with van der Waals surface area (Å²) < 4.78 is 0. The summed E-state index contributed by atoms with van der Waals surface area (Å²) in [5.74, 6) is 1.45. The minimum absolute atomic E-state index is 0. The normalized spacial score (nSPS) is 10.0. The van der Waals surface area contributed by atoms with Gasteiger partial charge in [-0.1, -0.05) is 27.7 Å². The predicted molar refractivity (Wildman–Crippen MR) is 48.9 cm³/mol. The number of Topliss-reactive ketones (excluding diaryl/α,β-unsaturated/α-hetero) is 1. The van der Waals surface area contributed by atoms with Crippen molar-refractivity contribution in [3.8, 4) is 0 Å². The fraction of sp³-hybridized carbons (Fsp3) is 0.889. The number of ketones is 1. The molecule has 2 nitrogen and oxygen atoms in total. The van der Waals surface area contributed by atoms with Gasteiger partial charge in [0.15, 0.2) is 0 Å². The van der Waals surface area contributed by atoms with E-state index in [1.165, 1.54) is 0 Å². The summed E-state index contributed by atoms with van der Waals surface area (Å²) in [6.07, 6.45) is 1.50. The SMILES string of the molecule is CC(C)CC(=O)CC(C)C.N. The van der Waals surface area contributed by atoms with Crippen molar-refractivity contribution in [3.05, 3.63) is 0 Å². The molecule has 0 aromatic rings. The highest BCUT2D eigenvalue weighted by atomic mass is 16.1. The summed E-state index contributed by atoms with van der Waals surface area (Å²) in [6, 6.07) is 0. The van der Waals surface area contributed by atoms with Gasteiger partial charge in [0, 0.05) is 12.8 Å². The fourth-order valence-electron chi connectivity index (χ4n) is 0.994. The quantitative estimate of drug-likeness (QED) is 0.685. The van der Waals surface area contributed by atoms with E-state index in [0.29, 0.717) is 17.6 Å². The second-order valence-corrected chi connectivity index (χ2v) is 3.73. The Labute approximate surface area is 70.0 Å². The van der Waals surface area contributed by atoms with Crippen molar-refractivity contribution in [1.82, 2.24) is 6.15 Å². The van der Waals surface area contributed by atoms with Crippen LogP contribution in [0.4, 0.5) is 0 Å². The minimum atomic E-state index is 0. The molecule has 0 spiro atoms. The first kappa shape index (κ1) is 13.2. The molecule has 0 aliphatic heterocycles. The molecule has 2 heteroatoms. The summed E-state index contributed by atoms with van der Waals surface area (Å²) in [5, 5.41) is 0. The van der Waals surface area contributed by atoms with Gasteiger partial charge in [0.25, 0.3) is 0 Å². The molecule has 0 aliphatic carbocycles. The van der Waals surface area contributed by atoms with Gasteiger partial charge in [-0.25, -0.2) is 0 Å². The van der Waals surface area contributed by atoms with E-state index in [0.717, 1.165) is 12.8 Å². The Morgan fingerprint density at radius 1 is 1.00 bits per heavy atom. The molecule has 0 radical (unpaired) electrons. The Morgan fingerprint density at radius 3 is 1.45 bits per heavy atom. The van der Waals surface area contributed by atoms with E-state index in [-0.39, 0.29) is 6.15 Å². The Hall–Kier alpha value is -0.370. The smallest absolute Gasteiger partial charge is 0.133 e. The first-order valence-corrected chi connectivity index (χ1v) is 4.04. The third-order valence-corrected chi connectivity index (χ3v) is 1.27. The van der Waals surface area contributed by atoms with Gasteiger partial charge in [0.05, 0.1) is 0 Å². The lowest BCUT2D eigenvalue weighted by atomic mass is 10.00. The van der Waals surface area contributed by atoms with Crippen molar-refractivity contribution >= 4 is 5.78 Å². The molecule has 3 N–H and O–H groups in total. The van der Waals surface area contributed by atoms with Crippen LogP contribution in [0.1, 0.15) is 40.5 Å². The van der Waals surface area contributed by atoms with Crippen LogP contribution in [0.2, 0.25) is 0 Å². The monoisotopic (exact) mass is 159 g/mol. The largest absolute Gasteiger partial charge is 0.344 e. The lowest BCUT2D eigenvalue weighted by Gasteiger charge is -2.05. The van der Waals surface area contributed by atoms with Crippen LogP contribution in [0.15, 0.2) is 0 Å². The number of hydrogen-bond donors (Lipinski definition) is 1. The lowest BCUT2D eigenvalue weighted by molar-refractivity contribution is -0.120. The summed E-state index contributed by atoms with van der Waals surface area (Å²) in [5.41, 5.74) is 0.